The summed E-state index contributed by atoms with van der Waals surface area (Å²) in [6.07, 6.45) is 0.543. The quantitative estimate of drug-likeness (QED) is 0.362. The topological polar surface area (TPSA) is 91.6 Å². The minimum atomic E-state index is -0.685. The van der Waals surface area contributed by atoms with Gasteiger partial charge in [-0.1, -0.05) is 81.4 Å². The van der Waals surface area contributed by atoms with Crippen molar-refractivity contribution >= 4 is 22.8 Å². The molecule has 1 aliphatic heterocycles. The fourth-order valence-corrected chi connectivity index (χ4v) is 3.94. The first-order valence-electron chi connectivity index (χ1n) is 13.8. The number of piperidine rings is 1. The summed E-state index contributed by atoms with van der Waals surface area (Å²) in [5.74, 6) is -0.676. The Morgan fingerprint density at radius 1 is 1.00 bits per heavy atom. The number of aromatic nitrogens is 2. The van der Waals surface area contributed by atoms with E-state index < -0.39 is 11.9 Å². The molecule has 2 atom stereocenters. The Morgan fingerprint density at radius 3 is 2.16 bits per heavy atom. The van der Waals surface area contributed by atoms with Crippen molar-refractivity contribution in [1.29, 1.82) is 0 Å². The minimum Gasteiger partial charge on any atom is -0.379 e. The molecule has 1 fully saturated rings. The number of imide groups is 1. The second kappa shape index (κ2) is 17.1. The molecule has 1 N–H and O–H groups in total. The molecule has 37 heavy (non-hydrogen) atoms. The summed E-state index contributed by atoms with van der Waals surface area (Å²) >= 11 is 0. The lowest BCUT2D eigenvalue weighted by Gasteiger charge is -2.22. The molecule has 3 rings (SSSR count). The van der Waals surface area contributed by atoms with Crippen LogP contribution in [0.5, 0.6) is 0 Å². The fraction of sp³-hybridized carbons (Fsp3) is 0.690. The molecule has 2 heterocycles. The fourth-order valence-electron chi connectivity index (χ4n) is 3.94. The average Bonchev–Trinajstić information content (AvgIpc) is 3.14. The summed E-state index contributed by atoms with van der Waals surface area (Å²) in [4.78, 5) is 36.9. The average molecular weight is 522 g/mol. The van der Waals surface area contributed by atoms with Crippen LogP contribution >= 0.6 is 0 Å². The highest BCUT2D eigenvalue weighted by Crippen LogP contribution is 2.28. The number of imidazole rings is 1. The summed E-state index contributed by atoms with van der Waals surface area (Å²) in [5.41, 5.74) is 2.33. The van der Waals surface area contributed by atoms with Gasteiger partial charge in [-0.25, -0.2) is 4.79 Å². The van der Waals surface area contributed by atoms with Crippen LogP contribution in [0.1, 0.15) is 99.6 Å². The van der Waals surface area contributed by atoms with Gasteiger partial charge in [-0.3, -0.25) is 24.0 Å². The molecule has 2 aromatic rings. The molecular weight excluding hydrogens is 470 g/mol. The normalized spacial score (nSPS) is 15.9. The molecule has 2 unspecified atom stereocenters. The zero-order valence-electron chi connectivity index (χ0n) is 25.1. The maximum Gasteiger partial charge on any atom is 0.329 e. The van der Waals surface area contributed by atoms with E-state index in [1.54, 1.807) is 11.6 Å². The highest BCUT2D eigenvalue weighted by atomic mass is 16.5. The first-order chi connectivity index (χ1) is 17.6. The van der Waals surface area contributed by atoms with E-state index in [-0.39, 0.29) is 29.4 Å². The Kier molecular flexibility index (Phi) is 16.0. The largest absolute Gasteiger partial charge is 0.379 e. The van der Waals surface area contributed by atoms with Gasteiger partial charge in [0.2, 0.25) is 11.8 Å². The van der Waals surface area contributed by atoms with Crippen LogP contribution in [0.15, 0.2) is 23.0 Å². The molecule has 1 aliphatic rings. The highest BCUT2D eigenvalue weighted by molar-refractivity contribution is 6.00. The van der Waals surface area contributed by atoms with Crippen molar-refractivity contribution in [3.63, 3.8) is 0 Å². The number of rotatable bonds is 8. The van der Waals surface area contributed by atoms with Crippen LogP contribution in [-0.2, 0) is 26.1 Å². The Balaban J connectivity index is 0.00000201. The number of nitrogens with zero attached hydrogens (tertiary/aromatic N) is 2. The van der Waals surface area contributed by atoms with Gasteiger partial charge >= 0.3 is 5.69 Å². The molecule has 2 amide bonds. The van der Waals surface area contributed by atoms with Crippen molar-refractivity contribution in [3.05, 3.63) is 34.2 Å². The van der Waals surface area contributed by atoms with Crippen molar-refractivity contribution in [2.75, 3.05) is 26.4 Å². The van der Waals surface area contributed by atoms with Gasteiger partial charge < -0.3 is 9.47 Å². The second-order valence-corrected chi connectivity index (χ2v) is 9.48. The van der Waals surface area contributed by atoms with Crippen molar-refractivity contribution in [3.8, 4) is 0 Å². The maximum absolute atomic E-state index is 13.0. The van der Waals surface area contributed by atoms with Gasteiger partial charge in [0.1, 0.15) is 6.04 Å². The monoisotopic (exact) mass is 521 g/mol. The number of nitrogens with one attached hydrogen (secondary N) is 1. The number of carbonyl (C=O) groups excluding carboxylic acids is 2. The second-order valence-electron chi connectivity index (χ2n) is 9.48. The first kappa shape index (κ1) is 34.6. The van der Waals surface area contributed by atoms with E-state index in [0.717, 1.165) is 11.1 Å². The SMILES string of the molecule is CC.CC.CC.CC(COCCOCC(C)(C)C)c1cccc2c1n(C)c(=O)n2C1CCC(=O)NC1=O. The van der Waals surface area contributed by atoms with E-state index in [4.69, 9.17) is 9.47 Å². The van der Waals surface area contributed by atoms with E-state index in [0.29, 0.717) is 38.4 Å². The lowest BCUT2D eigenvalue weighted by Crippen LogP contribution is -2.44. The van der Waals surface area contributed by atoms with Crippen molar-refractivity contribution < 1.29 is 19.1 Å². The molecule has 1 saturated heterocycles. The molecule has 0 saturated carbocycles. The number of amides is 2. The summed E-state index contributed by atoms with van der Waals surface area (Å²) in [6, 6.07) is 5.04. The summed E-state index contributed by atoms with van der Waals surface area (Å²) in [5, 5.41) is 2.34. The van der Waals surface area contributed by atoms with Gasteiger partial charge in [-0.2, -0.15) is 0 Å². The number of benzene rings is 1. The van der Waals surface area contributed by atoms with E-state index >= 15 is 0 Å². The number of para-hydroxylation sites is 1. The molecule has 1 aromatic carbocycles. The van der Waals surface area contributed by atoms with Gasteiger partial charge in [0.05, 0.1) is 37.5 Å². The van der Waals surface area contributed by atoms with Crippen LogP contribution in [0.2, 0.25) is 0 Å². The Hall–Kier alpha value is -2.45. The standard InChI is InChI=1S/C23H33N3O5.3C2H6/c1-15(13-30-11-12-31-14-23(2,3)4)16-7-6-8-17-20(16)25(5)22(29)26(17)18-9-10-19(27)24-21(18)28;3*1-2/h6-8,15,18H,9-14H2,1-5H3,(H,24,27,28);3*1-2H3. The number of aryl methyl sites for hydroxylation is 1. The van der Waals surface area contributed by atoms with E-state index in [9.17, 15) is 14.4 Å². The Morgan fingerprint density at radius 2 is 1.59 bits per heavy atom. The lowest BCUT2D eigenvalue weighted by atomic mass is 9.99. The van der Waals surface area contributed by atoms with Crippen LogP contribution in [0.4, 0.5) is 0 Å². The van der Waals surface area contributed by atoms with Crippen LogP contribution < -0.4 is 11.0 Å². The van der Waals surface area contributed by atoms with Gasteiger partial charge in [0, 0.05) is 19.4 Å². The van der Waals surface area contributed by atoms with E-state index in [1.807, 2.05) is 59.7 Å². The van der Waals surface area contributed by atoms with Crippen LogP contribution in [0.25, 0.3) is 11.0 Å². The molecule has 0 bridgehead atoms. The van der Waals surface area contributed by atoms with Crippen molar-refractivity contribution in [2.24, 2.45) is 12.5 Å². The van der Waals surface area contributed by atoms with Crippen molar-refractivity contribution in [1.82, 2.24) is 14.5 Å². The van der Waals surface area contributed by atoms with Gasteiger partial charge in [-0.05, 0) is 23.5 Å². The van der Waals surface area contributed by atoms with Crippen LogP contribution in [0.3, 0.4) is 0 Å². The zero-order chi connectivity index (χ0) is 28.8. The zero-order valence-corrected chi connectivity index (χ0v) is 25.1. The molecule has 0 aliphatic carbocycles. The van der Waals surface area contributed by atoms with E-state index in [2.05, 4.69) is 33.0 Å². The predicted molar refractivity (Wildman–Crippen MR) is 152 cm³/mol. The first-order valence-corrected chi connectivity index (χ1v) is 13.8. The number of ether oxygens (including phenoxy) is 2. The summed E-state index contributed by atoms with van der Waals surface area (Å²) in [7, 11) is 1.71. The molecule has 8 heteroatoms. The highest BCUT2D eigenvalue weighted by Gasteiger charge is 2.31. The molecule has 0 spiro atoms. The van der Waals surface area contributed by atoms with Gasteiger partial charge in [-0.15, -0.1) is 0 Å². The van der Waals surface area contributed by atoms with Crippen LogP contribution in [-0.4, -0.2) is 47.4 Å². The number of carbonyl (C=O) groups is 2. The molecule has 8 nitrogen and oxygen atoms in total. The third-order valence-electron chi connectivity index (χ3n) is 5.46. The lowest BCUT2D eigenvalue weighted by molar-refractivity contribution is -0.135. The summed E-state index contributed by atoms with van der Waals surface area (Å²) < 4.78 is 14.5. The third-order valence-corrected chi connectivity index (χ3v) is 5.46. The molecule has 0 radical (unpaired) electrons. The van der Waals surface area contributed by atoms with Crippen LogP contribution in [0, 0.1) is 5.41 Å². The third kappa shape index (κ3) is 9.74. The van der Waals surface area contributed by atoms with Gasteiger partial charge in [0.25, 0.3) is 0 Å². The number of hydrogen-bond acceptors (Lipinski definition) is 5. The Bertz CT molecular complexity index is 1020. The summed E-state index contributed by atoms with van der Waals surface area (Å²) in [6.45, 7) is 22.7. The molecular formula is C29H51N3O5. The Labute approximate surface area is 223 Å². The number of hydrogen-bond donors (Lipinski definition) is 1. The minimum absolute atomic E-state index is 0.0505. The van der Waals surface area contributed by atoms with Gasteiger partial charge in [0.15, 0.2) is 0 Å². The van der Waals surface area contributed by atoms with Crippen molar-refractivity contribution in [2.45, 2.75) is 94.0 Å². The molecule has 212 valence electrons. The van der Waals surface area contributed by atoms with E-state index in [1.165, 1.54) is 4.57 Å². The number of fused-ring (bicyclic) bond motifs is 1. The smallest absolute Gasteiger partial charge is 0.329 e. The molecule has 1 aromatic heterocycles. The maximum atomic E-state index is 13.0. The predicted octanol–water partition coefficient (Wildman–Crippen LogP) is 5.58.